The maximum absolute atomic E-state index is 12.5. The highest BCUT2D eigenvalue weighted by Crippen LogP contribution is 2.22. The first kappa shape index (κ1) is 15.0. The smallest absolute Gasteiger partial charge is 0.249 e. The summed E-state index contributed by atoms with van der Waals surface area (Å²) in [7, 11) is -3.62. The topological polar surface area (TPSA) is 106 Å². The Kier molecular flexibility index (Phi) is 4.12. The van der Waals surface area contributed by atoms with E-state index in [1.165, 1.54) is 16.4 Å². The number of piperidine rings is 1. The van der Waals surface area contributed by atoms with E-state index in [-0.39, 0.29) is 16.5 Å². The van der Waals surface area contributed by atoms with E-state index in [0.29, 0.717) is 18.7 Å². The Bertz CT molecular complexity index is 628. The first-order chi connectivity index (χ1) is 9.32. The van der Waals surface area contributed by atoms with E-state index in [1.807, 2.05) is 0 Å². The van der Waals surface area contributed by atoms with Crippen LogP contribution >= 0.6 is 0 Å². The van der Waals surface area contributed by atoms with Crippen LogP contribution in [0, 0.1) is 6.92 Å². The molecule has 0 radical (unpaired) electrons. The Balaban J connectivity index is 2.39. The summed E-state index contributed by atoms with van der Waals surface area (Å²) in [4.78, 5) is 11.4. The van der Waals surface area contributed by atoms with E-state index in [9.17, 15) is 13.2 Å². The zero-order valence-corrected chi connectivity index (χ0v) is 12.2. The van der Waals surface area contributed by atoms with Gasteiger partial charge in [-0.05, 0) is 37.5 Å². The van der Waals surface area contributed by atoms with E-state index >= 15 is 0 Å². The quantitative estimate of drug-likeness (QED) is 0.831. The van der Waals surface area contributed by atoms with Gasteiger partial charge in [-0.3, -0.25) is 4.79 Å². The molecule has 0 saturated carbocycles. The van der Waals surface area contributed by atoms with Crippen LogP contribution in [-0.4, -0.2) is 37.8 Å². The Labute approximate surface area is 118 Å². The predicted octanol–water partition coefficient (Wildman–Crippen LogP) is 0.206. The summed E-state index contributed by atoms with van der Waals surface area (Å²) in [6.07, 6.45) is 1.57. The summed E-state index contributed by atoms with van der Waals surface area (Å²) >= 11 is 0. The van der Waals surface area contributed by atoms with Crippen LogP contribution in [0.5, 0.6) is 0 Å². The fraction of sp³-hybridized carbons (Fsp3) is 0.462. The van der Waals surface area contributed by atoms with Crippen molar-refractivity contribution in [3.05, 3.63) is 29.3 Å². The van der Waals surface area contributed by atoms with Crippen molar-refractivity contribution in [3.63, 3.8) is 0 Å². The van der Waals surface area contributed by atoms with Gasteiger partial charge in [-0.25, -0.2) is 8.42 Å². The number of nitrogens with two attached hydrogens (primary N) is 2. The number of rotatable bonds is 3. The molecule has 0 aliphatic carbocycles. The van der Waals surface area contributed by atoms with Crippen molar-refractivity contribution in [2.45, 2.75) is 30.7 Å². The Morgan fingerprint density at radius 2 is 2.10 bits per heavy atom. The Hall–Kier alpha value is -1.44. The third-order valence-corrected chi connectivity index (χ3v) is 5.39. The maximum atomic E-state index is 12.5. The molecule has 0 aromatic heterocycles. The first-order valence-electron chi connectivity index (χ1n) is 6.48. The maximum Gasteiger partial charge on any atom is 0.249 e. The molecule has 1 fully saturated rings. The van der Waals surface area contributed by atoms with Crippen LogP contribution in [0.25, 0.3) is 0 Å². The van der Waals surface area contributed by atoms with Gasteiger partial charge < -0.3 is 11.5 Å². The number of carbonyl (C=O) groups excluding carboxylic acids is 1. The van der Waals surface area contributed by atoms with Crippen LogP contribution in [0.1, 0.15) is 28.8 Å². The second kappa shape index (κ2) is 5.51. The predicted molar refractivity (Wildman–Crippen MR) is 75.7 cm³/mol. The van der Waals surface area contributed by atoms with E-state index in [2.05, 4.69) is 0 Å². The van der Waals surface area contributed by atoms with Crippen LogP contribution in [0.2, 0.25) is 0 Å². The number of hydrogen-bond donors (Lipinski definition) is 2. The molecular formula is C13H19N3O3S. The lowest BCUT2D eigenvalue weighted by atomic mass is 10.1. The van der Waals surface area contributed by atoms with Crippen molar-refractivity contribution in [1.82, 2.24) is 4.31 Å². The molecule has 4 N–H and O–H groups in total. The van der Waals surface area contributed by atoms with Gasteiger partial charge in [-0.2, -0.15) is 4.31 Å². The molecular weight excluding hydrogens is 278 g/mol. The highest BCUT2D eigenvalue weighted by atomic mass is 32.2. The van der Waals surface area contributed by atoms with Gasteiger partial charge in [0.15, 0.2) is 0 Å². The molecule has 1 amide bonds. The lowest BCUT2D eigenvalue weighted by Gasteiger charge is -2.30. The summed E-state index contributed by atoms with van der Waals surface area (Å²) in [6.45, 7) is 2.48. The van der Waals surface area contributed by atoms with Crippen LogP contribution in [0.4, 0.5) is 0 Å². The fourth-order valence-corrected chi connectivity index (χ4v) is 3.93. The normalized spacial score (nSPS) is 20.8. The Morgan fingerprint density at radius 1 is 1.40 bits per heavy atom. The van der Waals surface area contributed by atoms with Crippen molar-refractivity contribution in [3.8, 4) is 0 Å². The van der Waals surface area contributed by atoms with Gasteiger partial charge in [-0.1, -0.05) is 6.07 Å². The number of benzene rings is 1. The van der Waals surface area contributed by atoms with E-state index < -0.39 is 15.9 Å². The molecule has 7 heteroatoms. The molecule has 6 nitrogen and oxygen atoms in total. The van der Waals surface area contributed by atoms with Gasteiger partial charge in [0, 0.05) is 24.7 Å². The summed E-state index contributed by atoms with van der Waals surface area (Å²) in [5.74, 6) is -0.630. The minimum atomic E-state index is -3.62. The zero-order valence-electron chi connectivity index (χ0n) is 11.4. The number of aryl methyl sites for hydroxylation is 1. The molecule has 110 valence electrons. The molecule has 1 aromatic rings. The Morgan fingerprint density at radius 3 is 2.70 bits per heavy atom. The molecule has 1 aromatic carbocycles. The van der Waals surface area contributed by atoms with Crippen molar-refractivity contribution in [2.24, 2.45) is 11.5 Å². The summed E-state index contributed by atoms with van der Waals surface area (Å²) < 4.78 is 26.4. The number of primary amides is 1. The fourth-order valence-electron chi connectivity index (χ4n) is 2.37. The average molecular weight is 297 g/mol. The van der Waals surface area contributed by atoms with Gasteiger partial charge >= 0.3 is 0 Å². The number of nitrogens with zero attached hydrogens (tertiary/aromatic N) is 1. The van der Waals surface area contributed by atoms with Gasteiger partial charge in [0.2, 0.25) is 15.9 Å². The van der Waals surface area contributed by atoms with Crippen LogP contribution < -0.4 is 11.5 Å². The molecule has 1 unspecified atom stereocenters. The minimum absolute atomic E-state index is 0.0889. The average Bonchev–Trinajstić information content (AvgIpc) is 2.38. The molecule has 0 bridgehead atoms. The molecule has 1 heterocycles. The van der Waals surface area contributed by atoms with Crippen LogP contribution in [0.15, 0.2) is 23.1 Å². The standard InChI is InChI=1S/C13H19N3O3S/c1-9-4-5-11(7-12(9)13(15)17)20(18,19)16-6-2-3-10(14)8-16/h4-5,7,10H,2-3,6,8,14H2,1H3,(H2,15,17). The summed E-state index contributed by atoms with van der Waals surface area (Å²) in [5.41, 5.74) is 12.0. The third kappa shape index (κ3) is 2.84. The van der Waals surface area contributed by atoms with Crippen molar-refractivity contribution in [2.75, 3.05) is 13.1 Å². The molecule has 1 saturated heterocycles. The van der Waals surface area contributed by atoms with Crippen LogP contribution in [-0.2, 0) is 10.0 Å². The second-order valence-corrected chi connectivity index (χ2v) is 7.04. The van der Waals surface area contributed by atoms with Gasteiger partial charge in [0.05, 0.1) is 4.90 Å². The highest BCUT2D eigenvalue weighted by molar-refractivity contribution is 7.89. The molecule has 0 spiro atoms. The first-order valence-corrected chi connectivity index (χ1v) is 7.92. The third-order valence-electron chi connectivity index (χ3n) is 3.53. The zero-order chi connectivity index (χ0) is 14.9. The van der Waals surface area contributed by atoms with Gasteiger partial charge in [-0.15, -0.1) is 0 Å². The molecule has 2 rings (SSSR count). The van der Waals surface area contributed by atoms with Crippen molar-refractivity contribution >= 4 is 15.9 Å². The molecule has 1 aliphatic rings. The molecule has 1 atom stereocenters. The van der Waals surface area contributed by atoms with Crippen molar-refractivity contribution in [1.29, 1.82) is 0 Å². The summed E-state index contributed by atoms with van der Waals surface area (Å²) in [6, 6.07) is 4.29. The molecule has 1 aliphatic heterocycles. The lowest BCUT2D eigenvalue weighted by molar-refractivity contribution is 0.0999. The van der Waals surface area contributed by atoms with Crippen molar-refractivity contribution < 1.29 is 13.2 Å². The minimum Gasteiger partial charge on any atom is -0.366 e. The highest BCUT2D eigenvalue weighted by Gasteiger charge is 2.29. The number of amides is 1. The number of sulfonamides is 1. The SMILES string of the molecule is Cc1ccc(S(=O)(=O)N2CCCC(N)C2)cc1C(N)=O. The number of hydrogen-bond acceptors (Lipinski definition) is 4. The molecule has 20 heavy (non-hydrogen) atoms. The largest absolute Gasteiger partial charge is 0.366 e. The lowest BCUT2D eigenvalue weighted by Crippen LogP contribution is -2.45. The van der Waals surface area contributed by atoms with E-state index in [1.54, 1.807) is 13.0 Å². The monoisotopic (exact) mass is 297 g/mol. The van der Waals surface area contributed by atoms with Gasteiger partial charge in [0.1, 0.15) is 0 Å². The van der Waals surface area contributed by atoms with E-state index in [0.717, 1.165) is 12.8 Å². The van der Waals surface area contributed by atoms with E-state index in [4.69, 9.17) is 11.5 Å². The number of carbonyl (C=O) groups is 1. The van der Waals surface area contributed by atoms with Gasteiger partial charge in [0.25, 0.3) is 0 Å². The summed E-state index contributed by atoms with van der Waals surface area (Å²) in [5, 5.41) is 0. The second-order valence-electron chi connectivity index (χ2n) is 5.11. The van der Waals surface area contributed by atoms with Crippen LogP contribution in [0.3, 0.4) is 0 Å².